The number of hydrogen-bond donors (Lipinski definition) is 6. The summed E-state index contributed by atoms with van der Waals surface area (Å²) in [7, 11) is 0. The summed E-state index contributed by atoms with van der Waals surface area (Å²) in [6, 6.07) is 7.96. The highest BCUT2D eigenvalue weighted by atomic mass is 15.0. The Balaban J connectivity index is 0.000000180. The second-order valence-corrected chi connectivity index (χ2v) is 12.3. The lowest BCUT2D eigenvalue weighted by molar-refractivity contribution is 0.810. The first kappa shape index (κ1) is 38.0. The van der Waals surface area contributed by atoms with Gasteiger partial charge in [-0.3, -0.25) is 0 Å². The second-order valence-electron chi connectivity index (χ2n) is 12.3. The lowest BCUT2D eigenvalue weighted by atomic mass is 10.1. The van der Waals surface area contributed by atoms with Crippen molar-refractivity contribution in [2.24, 2.45) is 0 Å². The first-order chi connectivity index (χ1) is 23.7. The summed E-state index contributed by atoms with van der Waals surface area (Å²) in [5, 5.41) is 19.7. The Labute approximate surface area is 290 Å². The SMILES string of the molecule is CC(C)c1nc(N)nc(N)c1C#N.CC(C)c1nc(N)nc2[nH]ccc12.CC(C)c1ncnc(N)c1C#N.CC(C)c1ncnc2[nH]ccc12. The maximum atomic E-state index is 8.79. The van der Waals surface area contributed by atoms with Gasteiger partial charge in [-0.25, -0.2) is 29.9 Å². The molecule has 0 bridgehead atoms. The molecule has 0 amide bonds. The number of aromatic amines is 2. The van der Waals surface area contributed by atoms with Crippen molar-refractivity contribution < 1.29 is 0 Å². The highest BCUT2D eigenvalue weighted by molar-refractivity contribution is 5.79. The molecule has 0 aliphatic carbocycles. The number of rotatable bonds is 4. The molecule has 6 aromatic rings. The van der Waals surface area contributed by atoms with Crippen molar-refractivity contribution in [2.75, 3.05) is 22.9 Å². The van der Waals surface area contributed by atoms with Crippen LogP contribution in [0.15, 0.2) is 37.2 Å². The number of H-pyrrole nitrogens is 2. The Morgan fingerprint density at radius 1 is 0.520 bits per heavy atom. The van der Waals surface area contributed by atoms with E-state index in [1.54, 1.807) is 6.33 Å². The minimum Gasteiger partial charge on any atom is -0.382 e. The van der Waals surface area contributed by atoms with Crippen LogP contribution in [0.2, 0.25) is 0 Å². The van der Waals surface area contributed by atoms with Gasteiger partial charge >= 0.3 is 0 Å². The second kappa shape index (κ2) is 17.1. The summed E-state index contributed by atoms with van der Waals surface area (Å²) < 4.78 is 0. The van der Waals surface area contributed by atoms with Gasteiger partial charge in [-0.15, -0.1) is 0 Å². The Hall–Kier alpha value is -6.42. The summed E-state index contributed by atoms with van der Waals surface area (Å²) in [6.45, 7) is 16.2. The van der Waals surface area contributed by atoms with Crippen molar-refractivity contribution in [3.05, 3.63) is 71.1 Å². The first-order valence-electron chi connectivity index (χ1n) is 15.9. The number of nitrogen functional groups attached to an aromatic ring is 4. The molecule has 0 aliphatic heterocycles. The van der Waals surface area contributed by atoms with Crippen LogP contribution >= 0.6 is 0 Å². The van der Waals surface area contributed by atoms with E-state index in [9.17, 15) is 0 Å². The molecule has 16 nitrogen and oxygen atoms in total. The number of hydrogen-bond acceptors (Lipinski definition) is 14. The number of aromatic nitrogens is 10. The largest absolute Gasteiger partial charge is 0.382 e. The van der Waals surface area contributed by atoms with Gasteiger partial charge < -0.3 is 32.9 Å². The van der Waals surface area contributed by atoms with E-state index in [1.807, 2.05) is 64.4 Å². The molecule has 0 radical (unpaired) electrons. The van der Waals surface area contributed by atoms with E-state index < -0.39 is 0 Å². The number of nitrogens with zero attached hydrogens (tertiary/aromatic N) is 10. The number of nitrogens with one attached hydrogen (secondary N) is 2. The van der Waals surface area contributed by atoms with Gasteiger partial charge in [-0.05, 0) is 35.8 Å². The maximum Gasteiger partial charge on any atom is 0.222 e. The van der Waals surface area contributed by atoms with Crippen molar-refractivity contribution in [3.63, 3.8) is 0 Å². The third kappa shape index (κ3) is 9.35. The van der Waals surface area contributed by atoms with Crippen LogP contribution in [0.5, 0.6) is 0 Å². The molecule has 50 heavy (non-hydrogen) atoms. The molecule has 0 atom stereocenters. The molecule has 0 aromatic carbocycles. The standard InChI is InChI=1S/C9H12N4.C9H11N3.C8H11N5.C8H10N4/c1-5(2)7-6-3-4-11-8(6)13-9(10)12-7;1-6(2)8-7-3-4-10-9(7)12-5-11-8;1-4(2)6-5(3-9)7(10)13-8(11)12-6;1-5(2)7-6(3-9)8(10)12-4-11-7/h3-5H,1-2H3,(H3,10,11,12,13);3-6H,1-2H3,(H,10,11,12);4H,1-2H3,(H4,10,11,12,13);4-5H,1-2H3,(H2,10,11,12). The topological polar surface area (TPSA) is 286 Å². The van der Waals surface area contributed by atoms with Gasteiger partial charge in [0, 0.05) is 23.2 Å². The van der Waals surface area contributed by atoms with Crippen LogP contribution in [0.1, 0.15) is 113 Å². The summed E-state index contributed by atoms with van der Waals surface area (Å²) >= 11 is 0. The van der Waals surface area contributed by atoms with Crippen molar-refractivity contribution in [3.8, 4) is 12.1 Å². The minimum absolute atomic E-state index is 0.111. The van der Waals surface area contributed by atoms with Gasteiger partial charge in [0.25, 0.3) is 0 Å². The fourth-order valence-electron chi connectivity index (χ4n) is 4.79. The van der Waals surface area contributed by atoms with Gasteiger partial charge in [0.15, 0.2) is 0 Å². The number of nitrogens with two attached hydrogens (primary N) is 4. The molecule has 0 saturated carbocycles. The van der Waals surface area contributed by atoms with Crippen LogP contribution in [0.25, 0.3) is 22.1 Å². The van der Waals surface area contributed by atoms with Gasteiger partial charge in [0.05, 0.1) is 22.8 Å². The van der Waals surface area contributed by atoms with Crippen molar-refractivity contribution in [1.82, 2.24) is 49.8 Å². The van der Waals surface area contributed by atoms with Crippen LogP contribution in [0.4, 0.5) is 23.5 Å². The summed E-state index contributed by atoms with van der Waals surface area (Å²) in [5.41, 5.74) is 27.9. The van der Waals surface area contributed by atoms with Crippen molar-refractivity contribution in [2.45, 2.75) is 79.1 Å². The van der Waals surface area contributed by atoms with E-state index in [2.05, 4.69) is 77.5 Å². The normalized spacial score (nSPS) is 10.6. The summed E-state index contributed by atoms with van der Waals surface area (Å²) in [6.07, 6.45) is 6.73. The highest BCUT2D eigenvalue weighted by Gasteiger charge is 2.14. The number of anilines is 4. The molecule has 260 valence electrons. The highest BCUT2D eigenvalue weighted by Crippen LogP contribution is 2.23. The van der Waals surface area contributed by atoms with Gasteiger partial charge in [-0.1, -0.05) is 55.4 Å². The average Bonchev–Trinajstić information content (AvgIpc) is 3.74. The van der Waals surface area contributed by atoms with Gasteiger partial charge in [-0.2, -0.15) is 20.5 Å². The molecule has 10 N–H and O–H groups in total. The van der Waals surface area contributed by atoms with E-state index in [-0.39, 0.29) is 29.4 Å². The Bertz CT molecular complexity index is 2110. The van der Waals surface area contributed by atoms with E-state index in [0.29, 0.717) is 40.3 Å². The lowest BCUT2D eigenvalue weighted by Crippen LogP contribution is -2.08. The van der Waals surface area contributed by atoms with Gasteiger partial charge in [0.1, 0.15) is 58.9 Å². The van der Waals surface area contributed by atoms with Crippen LogP contribution in [-0.4, -0.2) is 49.8 Å². The fraction of sp³-hybridized carbons (Fsp3) is 0.353. The van der Waals surface area contributed by atoms with Crippen LogP contribution < -0.4 is 22.9 Å². The third-order valence-electron chi connectivity index (χ3n) is 7.15. The first-order valence-corrected chi connectivity index (χ1v) is 15.9. The molecule has 0 saturated heterocycles. The van der Waals surface area contributed by atoms with Crippen molar-refractivity contribution in [1.29, 1.82) is 10.5 Å². The predicted molar refractivity (Wildman–Crippen MR) is 195 cm³/mol. The molecular weight excluding hydrogens is 632 g/mol. The molecule has 6 rings (SSSR count). The van der Waals surface area contributed by atoms with Crippen molar-refractivity contribution >= 4 is 45.6 Å². The molecule has 0 aliphatic rings. The van der Waals surface area contributed by atoms with Crippen LogP contribution in [0, 0.1) is 22.7 Å². The smallest absolute Gasteiger partial charge is 0.222 e. The molecule has 0 spiro atoms. The molecular formula is C34H44N16. The van der Waals surface area contributed by atoms with E-state index in [4.69, 9.17) is 33.5 Å². The maximum absolute atomic E-state index is 8.79. The van der Waals surface area contributed by atoms with E-state index >= 15 is 0 Å². The molecule has 0 fully saturated rings. The summed E-state index contributed by atoms with van der Waals surface area (Å²) in [5.74, 6) is 1.98. The van der Waals surface area contributed by atoms with E-state index in [0.717, 1.165) is 33.5 Å². The van der Waals surface area contributed by atoms with Crippen LogP contribution in [-0.2, 0) is 0 Å². The fourth-order valence-corrected chi connectivity index (χ4v) is 4.79. The Morgan fingerprint density at radius 3 is 1.52 bits per heavy atom. The minimum atomic E-state index is 0.111. The average molecular weight is 677 g/mol. The number of nitriles is 2. The molecule has 6 heterocycles. The monoisotopic (exact) mass is 676 g/mol. The zero-order valence-corrected chi connectivity index (χ0v) is 29.6. The third-order valence-corrected chi connectivity index (χ3v) is 7.15. The molecule has 6 aromatic heterocycles. The van der Waals surface area contributed by atoms with E-state index in [1.165, 1.54) is 6.33 Å². The lowest BCUT2D eigenvalue weighted by Gasteiger charge is -2.08. The van der Waals surface area contributed by atoms with Gasteiger partial charge in [0.2, 0.25) is 11.9 Å². The number of fused-ring (bicyclic) bond motifs is 2. The zero-order chi connectivity index (χ0) is 37.1. The Morgan fingerprint density at radius 2 is 0.980 bits per heavy atom. The zero-order valence-electron chi connectivity index (χ0n) is 29.6. The Kier molecular flexibility index (Phi) is 13.0. The summed E-state index contributed by atoms with van der Waals surface area (Å²) in [4.78, 5) is 38.2. The quantitative estimate of drug-likeness (QED) is 0.136. The predicted octanol–water partition coefficient (Wildman–Crippen LogP) is 5.43. The van der Waals surface area contributed by atoms with Crippen LogP contribution in [0.3, 0.4) is 0 Å². The molecule has 0 unspecified atom stereocenters. The molecule has 16 heteroatoms.